The highest BCUT2D eigenvalue weighted by Crippen LogP contribution is 2.24. The third kappa shape index (κ3) is 4.90. The normalized spacial score (nSPS) is 11.6. The van der Waals surface area contributed by atoms with Crippen molar-refractivity contribution in [3.05, 3.63) is 58.3 Å². The number of aryl methyl sites for hydroxylation is 1. The molecule has 0 saturated heterocycles. The molecule has 2 heterocycles. The number of halogens is 3. The molecular formula is C18H17ClF2N4O2S. The van der Waals surface area contributed by atoms with E-state index >= 15 is 0 Å². The van der Waals surface area contributed by atoms with Crippen molar-refractivity contribution in [2.45, 2.75) is 32.0 Å². The molecule has 0 fully saturated rings. The van der Waals surface area contributed by atoms with Crippen LogP contribution in [0.25, 0.3) is 0 Å². The molecule has 0 saturated carbocycles. The van der Waals surface area contributed by atoms with Crippen molar-refractivity contribution in [1.29, 1.82) is 0 Å². The van der Waals surface area contributed by atoms with Crippen LogP contribution in [0, 0.1) is 6.92 Å². The quantitative estimate of drug-likeness (QED) is 0.359. The minimum absolute atomic E-state index is 0.209. The van der Waals surface area contributed by atoms with Gasteiger partial charge in [-0.15, -0.1) is 10.2 Å². The first-order chi connectivity index (χ1) is 13.5. The number of ether oxygens (including phenoxy) is 1. The van der Waals surface area contributed by atoms with Gasteiger partial charge in [-0.25, -0.2) is 8.78 Å². The minimum Gasteiger partial charge on any atom is -0.486 e. The Hall–Kier alpha value is -2.39. The molecule has 3 aromatic rings. The van der Waals surface area contributed by atoms with E-state index in [0.717, 1.165) is 10.2 Å². The second-order valence-electron chi connectivity index (χ2n) is 5.63. The zero-order chi connectivity index (χ0) is 20.1. The van der Waals surface area contributed by atoms with Crippen LogP contribution in [0.15, 0.2) is 45.0 Å². The van der Waals surface area contributed by atoms with Crippen LogP contribution in [-0.2, 0) is 6.61 Å². The van der Waals surface area contributed by atoms with Crippen LogP contribution in [0.4, 0.5) is 8.78 Å². The fraction of sp³-hybridized carbons (Fsp3) is 0.278. The summed E-state index contributed by atoms with van der Waals surface area (Å²) in [4.78, 5) is 0. The third-order valence-electron chi connectivity index (χ3n) is 3.60. The van der Waals surface area contributed by atoms with Crippen molar-refractivity contribution in [2.75, 3.05) is 5.75 Å². The van der Waals surface area contributed by atoms with Crippen molar-refractivity contribution >= 4 is 29.6 Å². The summed E-state index contributed by atoms with van der Waals surface area (Å²) in [5.74, 6) is 1.77. The van der Waals surface area contributed by atoms with Crippen molar-refractivity contribution in [3.8, 4) is 5.75 Å². The van der Waals surface area contributed by atoms with Crippen molar-refractivity contribution < 1.29 is 17.9 Å². The zero-order valence-corrected chi connectivity index (χ0v) is 16.7. The van der Waals surface area contributed by atoms with Crippen LogP contribution in [0.5, 0.6) is 5.75 Å². The second-order valence-corrected chi connectivity index (χ2v) is 7.27. The van der Waals surface area contributed by atoms with Gasteiger partial charge in [0.2, 0.25) is 11.0 Å². The van der Waals surface area contributed by atoms with Crippen LogP contribution in [-0.4, -0.2) is 26.8 Å². The Kier molecular flexibility index (Phi) is 6.69. The fourth-order valence-electron chi connectivity index (χ4n) is 2.26. The number of hydrogen-bond acceptors (Lipinski definition) is 6. The molecule has 148 valence electrons. The average molecular weight is 427 g/mol. The number of aromatic nitrogens is 3. The number of rotatable bonds is 8. The second kappa shape index (κ2) is 9.20. The Morgan fingerprint density at radius 2 is 2.14 bits per heavy atom. The monoisotopic (exact) mass is 426 g/mol. The standard InChI is InChI=1S/C18H17ClF2N4O2S/c1-3-28-18-24-23-17(16(20)21)25(18)22-9-13-4-5-14(27-13)10-26-12-6-7-15(19)11(2)8-12/h4-9,16H,3,10H2,1-2H3/b22-9-. The summed E-state index contributed by atoms with van der Waals surface area (Å²) in [7, 11) is 0. The Balaban J connectivity index is 1.69. The van der Waals surface area contributed by atoms with Crippen LogP contribution in [0.2, 0.25) is 5.02 Å². The van der Waals surface area contributed by atoms with E-state index in [4.69, 9.17) is 20.8 Å². The predicted molar refractivity (Wildman–Crippen MR) is 104 cm³/mol. The highest BCUT2D eigenvalue weighted by molar-refractivity contribution is 7.99. The first-order valence-electron chi connectivity index (χ1n) is 8.36. The molecular weight excluding hydrogens is 410 g/mol. The number of furan rings is 1. The molecule has 0 unspecified atom stereocenters. The lowest BCUT2D eigenvalue weighted by Crippen LogP contribution is -2.00. The molecule has 0 spiro atoms. The first kappa shape index (κ1) is 20.3. The van der Waals surface area contributed by atoms with Gasteiger partial charge in [-0.3, -0.25) is 0 Å². The molecule has 28 heavy (non-hydrogen) atoms. The number of hydrogen-bond donors (Lipinski definition) is 0. The van der Waals surface area contributed by atoms with Crippen molar-refractivity contribution in [2.24, 2.45) is 5.10 Å². The molecule has 0 N–H and O–H groups in total. The van der Waals surface area contributed by atoms with Gasteiger partial charge < -0.3 is 9.15 Å². The van der Waals surface area contributed by atoms with Crippen LogP contribution in [0.1, 0.15) is 36.3 Å². The lowest BCUT2D eigenvalue weighted by molar-refractivity contribution is 0.135. The minimum atomic E-state index is -2.78. The van der Waals surface area contributed by atoms with E-state index in [-0.39, 0.29) is 6.61 Å². The molecule has 0 bridgehead atoms. The fourth-order valence-corrected chi connectivity index (χ4v) is 3.00. The van der Waals surface area contributed by atoms with E-state index in [1.165, 1.54) is 18.0 Å². The maximum absolute atomic E-state index is 13.1. The van der Waals surface area contributed by atoms with Gasteiger partial charge in [-0.05, 0) is 48.6 Å². The summed E-state index contributed by atoms with van der Waals surface area (Å²) < 4.78 is 38.4. The number of alkyl halides is 2. The maximum Gasteiger partial charge on any atom is 0.299 e. The molecule has 6 nitrogen and oxygen atoms in total. The molecule has 1 aromatic carbocycles. The van der Waals surface area contributed by atoms with Gasteiger partial charge >= 0.3 is 0 Å². The van der Waals surface area contributed by atoms with E-state index in [9.17, 15) is 8.78 Å². The topological polar surface area (TPSA) is 65.4 Å². The van der Waals surface area contributed by atoms with Gasteiger partial charge in [-0.2, -0.15) is 9.78 Å². The Morgan fingerprint density at radius 3 is 2.86 bits per heavy atom. The van der Waals surface area contributed by atoms with E-state index in [0.29, 0.717) is 33.2 Å². The molecule has 0 aliphatic heterocycles. The summed E-state index contributed by atoms with van der Waals surface area (Å²) in [6.07, 6.45) is -1.44. The SMILES string of the molecule is CCSc1nnc(C(F)F)n1/N=C\c1ccc(COc2ccc(Cl)c(C)c2)o1. The molecule has 10 heteroatoms. The molecule has 0 aliphatic carbocycles. The maximum atomic E-state index is 13.1. The van der Waals surface area contributed by atoms with Crippen LogP contribution >= 0.6 is 23.4 Å². The molecule has 0 radical (unpaired) electrons. The lowest BCUT2D eigenvalue weighted by atomic mass is 10.2. The summed E-state index contributed by atoms with van der Waals surface area (Å²) in [6, 6.07) is 8.77. The largest absolute Gasteiger partial charge is 0.486 e. The van der Waals surface area contributed by atoms with Gasteiger partial charge in [0.15, 0.2) is 0 Å². The van der Waals surface area contributed by atoms with E-state index in [2.05, 4.69) is 15.3 Å². The summed E-state index contributed by atoms with van der Waals surface area (Å²) in [6.45, 7) is 3.98. The summed E-state index contributed by atoms with van der Waals surface area (Å²) >= 11 is 7.26. The van der Waals surface area contributed by atoms with Gasteiger partial charge in [-0.1, -0.05) is 30.3 Å². The molecule has 2 aromatic heterocycles. The number of nitrogens with zero attached hydrogens (tertiary/aromatic N) is 4. The highest BCUT2D eigenvalue weighted by Gasteiger charge is 2.20. The highest BCUT2D eigenvalue weighted by atomic mass is 35.5. The Labute approximate surface area is 169 Å². The molecule has 0 atom stereocenters. The van der Waals surface area contributed by atoms with Crippen LogP contribution < -0.4 is 4.74 Å². The summed E-state index contributed by atoms with van der Waals surface area (Å²) in [5.41, 5.74) is 0.913. The summed E-state index contributed by atoms with van der Waals surface area (Å²) in [5, 5.41) is 12.2. The van der Waals surface area contributed by atoms with E-state index in [1.54, 1.807) is 24.3 Å². The van der Waals surface area contributed by atoms with Crippen molar-refractivity contribution in [1.82, 2.24) is 14.9 Å². The lowest BCUT2D eigenvalue weighted by Gasteiger charge is -2.06. The first-order valence-corrected chi connectivity index (χ1v) is 9.72. The molecule has 3 rings (SSSR count). The van der Waals surface area contributed by atoms with Gasteiger partial charge in [0.05, 0.1) is 6.21 Å². The van der Waals surface area contributed by atoms with E-state index in [1.807, 2.05) is 19.9 Å². The van der Waals surface area contributed by atoms with Gasteiger partial charge in [0, 0.05) is 5.02 Å². The predicted octanol–water partition coefficient (Wildman–Crippen LogP) is 5.34. The van der Waals surface area contributed by atoms with Crippen LogP contribution in [0.3, 0.4) is 0 Å². The third-order valence-corrected chi connectivity index (χ3v) is 4.82. The smallest absolute Gasteiger partial charge is 0.299 e. The number of thioether (sulfide) groups is 1. The van der Waals surface area contributed by atoms with Crippen molar-refractivity contribution in [3.63, 3.8) is 0 Å². The average Bonchev–Trinajstić information content (AvgIpc) is 3.28. The zero-order valence-electron chi connectivity index (χ0n) is 15.1. The Bertz CT molecular complexity index is 974. The molecule has 0 aliphatic rings. The van der Waals surface area contributed by atoms with E-state index < -0.39 is 12.2 Å². The number of benzene rings is 1. The van der Waals surface area contributed by atoms with Gasteiger partial charge in [0.1, 0.15) is 23.9 Å². The molecule has 0 amide bonds. The van der Waals surface area contributed by atoms with Gasteiger partial charge in [0.25, 0.3) is 6.43 Å². The Morgan fingerprint density at radius 1 is 1.32 bits per heavy atom.